The molecule has 1 heterocycles. The number of alkyl carbamates (subject to hydrolysis) is 1. The molecule has 1 unspecified atom stereocenters. The summed E-state index contributed by atoms with van der Waals surface area (Å²) in [5.74, 6) is 0.354. The highest BCUT2D eigenvalue weighted by molar-refractivity contribution is 7.80. The first-order chi connectivity index (χ1) is 9.69. The highest BCUT2D eigenvalue weighted by atomic mass is 32.1. The second-order valence-corrected chi connectivity index (χ2v) is 4.26. The van der Waals surface area contributed by atoms with Gasteiger partial charge < -0.3 is 10.1 Å². The Morgan fingerprint density at radius 1 is 1.30 bits per heavy atom. The van der Waals surface area contributed by atoms with Gasteiger partial charge in [0.05, 0.1) is 0 Å². The molecule has 0 radical (unpaired) electrons. The van der Waals surface area contributed by atoms with Crippen LogP contribution in [0.4, 0.5) is 9.59 Å². The number of urea groups is 1. The van der Waals surface area contributed by atoms with Gasteiger partial charge in [-0.05, 0) is 5.56 Å². The summed E-state index contributed by atoms with van der Waals surface area (Å²) in [6.45, 7) is 0.152. The topological polar surface area (TPSA) is 92.5 Å². The molecule has 1 aliphatic rings. The second-order valence-electron chi connectivity index (χ2n) is 3.89. The summed E-state index contributed by atoms with van der Waals surface area (Å²) in [7, 11) is 0. The number of carbonyl (C=O) groups is 2. The number of ether oxygens (including phenoxy) is 1. The number of azo groups is 1. The maximum absolute atomic E-state index is 11.6. The fourth-order valence-corrected chi connectivity index (χ4v) is 1.74. The number of hydrogen-bond acceptors (Lipinski definition) is 5. The van der Waals surface area contributed by atoms with Crippen LogP contribution in [0.25, 0.3) is 0 Å². The lowest BCUT2D eigenvalue weighted by molar-refractivity contribution is 0.138. The molecule has 1 aliphatic heterocycles. The zero-order valence-corrected chi connectivity index (χ0v) is 11.3. The number of nitrogens with zero attached hydrogens (tertiary/aromatic N) is 3. The van der Waals surface area contributed by atoms with Gasteiger partial charge in [0, 0.05) is 5.75 Å². The first kappa shape index (κ1) is 14.2. The molecule has 0 spiro atoms. The van der Waals surface area contributed by atoms with E-state index < -0.39 is 18.2 Å². The van der Waals surface area contributed by atoms with E-state index in [1.54, 1.807) is 0 Å². The number of amidine groups is 1. The van der Waals surface area contributed by atoms with Crippen molar-refractivity contribution in [3.63, 3.8) is 0 Å². The van der Waals surface area contributed by atoms with E-state index in [1.165, 1.54) is 0 Å². The number of nitrogens with one attached hydrogen (secondary N) is 1. The normalized spacial score (nSPS) is 14.8. The Kier molecular flexibility index (Phi) is 4.83. The lowest BCUT2D eigenvalue weighted by Gasteiger charge is -2.13. The van der Waals surface area contributed by atoms with Crippen molar-refractivity contribution in [2.45, 2.75) is 12.6 Å². The zero-order chi connectivity index (χ0) is 14.4. The molecule has 1 atom stereocenters. The Morgan fingerprint density at radius 2 is 2.05 bits per heavy atom. The molecule has 20 heavy (non-hydrogen) atoms. The van der Waals surface area contributed by atoms with Crippen molar-refractivity contribution >= 4 is 30.6 Å². The van der Waals surface area contributed by atoms with Gasteiger partial charge >= 0.3 is 12.1 Å². The van der Waals surface area contributed by atoms with E-state index in [2.05, 4.69) is 33.2 Å². The number of hydrogen-bond donors (Lipinski definition) is 2. The third-order valence-electron chi connectivity index (χ3n) is 2.45. The maximum atomic E-state index is 11.6. The SMILES string of the molecule is O=C1N=NC(C(CS)NC(=O)OCc2ccccc2)=N1. The molecule has 0 bridgehead atoms. The lowest BCUT2D eigenvalue weighted by atomic mass is 10.2. The Hall–Kier alpha value is -2.22. The third-order valence-corrected chi connectivity index (χ3v) is 2.81. The second kappa shape index (κ2) is 6.80. The van der Waals surface area contributed by atoms with Crippen molar-refractivity contribution in [1.82, 2.24) is 5.32 Å². The van der Waals surface area contributed by atoms with Crippen molar-refractivity contribution in [2.75, 3.05) is 5.75 Å². The van der Waals surface area contributed by atoms with Crippen molar-refractivity contribution in [1.29, 1.82) is 0 Å². The number of carbonyl (C=O) groups excluding carboxylic acids is 2. The molecular weight excluding hydrogens is 280 g/mol. The summed E-state index contributed by atoms with van der Waals surface area (Å²) in [4.78, 5) is 26.1. The molecule has 1 aromatic rings. The monoisotopic (exact) mass is 292 g/mol. The Balaban J connectivity index is 1.85. The first-order valence-electron chi connectivity index (χ1n) is 5.81. The van der Waals surface area contributed by atoms with Gasteiger partial charge in [-0.15, -0.1) is 5.11 Å². The average molecular weight is 292 g/mol. The molecule has 2 rings (SSSR count). The Bertz CT molecular complexity index is 559. The van der Waals surface area contributed by atoms with E-state index in [0.29, 0.717) is 0 Å². The van der Waals surface area contributed by atoms with E-state index in [4.69, 9.17) is 4.74 Å². The minimum Gasteiger partial charge on any atom is -0.445 e. The molecule has 104 valence electrons. The van der Waals surface area contributed by atoms with E-state index >= 15 is 0 Å². The van der Waals surface area contributed by atoms with Crippen LogP contribution in [0.15, 0.2) is 45.6 Å². The largest absolute Gasteiger partial charge is 0.445 e. The number of benzene rings is 1. The van der Waals surface area contributed by atoms with E-state index in [-0.39, 0.29) is 18.2 Å². The summed E-state index contributed by atoms with van der Waals surface area (Å²) in [6, 6.07) is 7.97. The fraction of sp³-hybridized carbons (Fsp3) is 0.250. The molecule has 0 fully saturated rings. The van der Waals surface area contributed by atoms with Crippen LogP contribution in [0.3, 0.4) is 0 Å². The molecule has 0 saturated heterocycles. The highest BCUT2D eigenvalue weighted by Gasteiger charge is 2.22. The molecule has 8 heteroatoms. The highest BCUT2D eigenvalue weighted by Crippen LogP contribution is 2.06. The van der Waals surface area contributed by atoms with Gasteiger partial charge in [0.25, 0.3) is 0 Å². The van der Waals surface area contributed by atoms with Crippen LogP contribution >= 0.6 is 12.6 Å². The minimum atomic E-state index is -0.689. The summed E-state index contributed by atoms with van der Waals surface area (Å²) >= 11 is 4.07. The summed E-state index contributed by atoms with van der Waals surface area (Å²) in [6.07, 6.45) is -0.634. The van der Waals surface area contributed by atoms with Crippen LogP contribution in [0.1, 0.15) is 5.56 Å². The van der Waals surface area contributed by atoms with Crippen LogP contribution < -0.4 is 5.32 Å². The molecule has 0 saturated carbocycles. The van der Waals surface area contributed by atoms with Crippen molar-refractivity contribution in [3.8, 4) is 0 Å². The molecule has 7 nitrogen and oxygen atoms in total. The molecular formula is C12H12N4O3S. The van der Waals surface area contributed by atoms with Gasteiger partial charge in [-0.25, -0.2) is 9.59 Å². The smallest absolute Gasteiger partial charge is 0.408 e. The third kappa shape index (κ3) is 3.89. The maximum Gasteiger partial charge on any atom is 0.408 e. The van der Waals surface area contributed by atoms with Gasteiger partial charge in [0.1, 0.15) is 12.6 Å². The van der Waals surface area contributed by atoms with Crippen LogP contribution in [0.2, 0.25) is 0 Å². The van der Waals surface area contributed by atoms with E-state index in [9.17, 15) is 9.59 Å². The van der Waals surface area contributed by atoms with Gasteiger partial charge in [0.2, 0.25) is 0 Å². The number of thiol groups is 1. The first-order valence-corrected chi connectivity index (χ1v) is 6.44. The van der Waals surface area contributed by atoms with E-state index in [1.807, 2.05) is 30.3 Å². The van der Waals surface area contributed by atoms with Gasteiger partial charge in [0.15, 0.2) is 5.84 Å². The molecule has 0 aromatic heterocycles. The zero-order valence-electron chi connectivity index (χ0n) is 10.4. The number of amides is 3. The quantitative estimate of drug-likeness (QED) is 0.815. The summed E-state index contributed by atoms with van der Waals surface area (Å²) in [5, 5.41) is 9.33. The van der Waals surface area contributed by atoms with Crippen molar-refractivity contribution in [3.05, 3.63) is 35.9 Å². The van der Waals surface area contributed by atoms with Crippen LogP contribution in [-0.2, 0) is 11.3 Å². The van der Waals surface area contributed by atoms with Crippen molar-refractivity contribution < 1.29 is 14.3 Å². The summed E-state index contributed by atoms with van der Waals surface area (Å²) in [5.41, 5.74) is 0.873. The number of aliphatic imine (C=N–C) groups is 1. The standard InChI is InChI=1S/C12H12N4O3S/c17-11-14-10(15-16-11)9(7-20)13-12(18)19-6-8-4-2-1-3-5-8/h1-5,9,20H,6-7H2,(H,13,18). The Morgan fingerprint density at radius 3 is 2.65 bits per heavy atom. The summed E-state index contributed by atoms with van der Waals surface area (Å²) < 4.78 is 5.05. The molecule has 0 aliphatic carbocycles. The number of rotatable bonds is 5. The van der Waals surface area contributed by atoms with E-state index in [0.717, 1.165) is 5.56 Å². The Labute approximate surface area is 120 Å². The predicted molar refractivity (Wildman–Crippen MR) is 75.1 cm³/mol. The minimum absolute atomic E-state index is 0.127. The molecule has 3 amide bonds. The van der Waals surface area contributed by atoms with Gasteiger partial charge in [-0.3, -0.25) is 0 Å². The van der Waals surface area contributed by atoms with Crippen LogP contribution in [0, 0.1) is 0 Å². The molecule has 1 N–H and O–H groups in total. The van der Waals surface area contributed by atoms with Crippen LogP contribution in [0.5, 0.6) is 0 Å². The van der Waals surface area contributed by atoms with Gasteiger partial charge in [-0.2, -0.15) is 17.6 Å². The van der Waals surface area contributed by atoms with Crippen LogP contribution in [-0.4, -0.2) is 29.8 Å². The van der Waals surface area contributed by atoms with Gasteiger partial charge in [-0.1, -0.05) is 35.4 Å². The predicted octanol–water partition coefficient (Wildman–Crippen LogP) is 2.20. The molecule has 1 aromatic carbocycles. The fourth-order valence-electron chi connectivity index (χ4n) is 1.48. The average Bonchev–Trinajstić information content (AvgIpc) is 2.90. The van der Waals surface area contributed by atoms with Crippen molar-refractivity contribution in [2.24, 2.45) is 15.2 Å². The lowest BCUT2D eigenvalue weighted by Crippen LogP contribution is -2.41.